The molecule has 3 rings (SSSR count). The average Bonchev–Trinajstić information content (AvgIpc) is 2.99. The number of hydrogen-bond donors (Lipinski definition) is 0. The van der Waals surface area contributed by atoms with Crippen molar-refractivity contribution in [3.63, 3.8) is 0 Å². The highest BCUT2D eigenvalue weighted by Gasteiger charge is 2.22. The standard InChI is InChI=1S/C21H28FN3O2/c1-23(2)21(26)16-27-11-9-17-12-24(14-18-6-3-4-8-20(18)22)15-19-7-5-10-25(19)13-17/h3-8,10,17H,9,11-16H2,1-2H3. The zero-order valence-electron chi connectivity index (χ0n) is 16.1. The van der Waals surface area contributed by atoms with Gasteiger partial charge in [0.2, 0.25) is 5.91 Å². The van der Waals surface area contributed by atoms with Crippen LogP contribution in [0.3, 0.4) is 0 Å². The van der Waals surface area contributed by atoms with Crippen LogP contribution in [0, 0.1) is 11.7 Å². The lowest BCUT2D eigenvalue weighted by Gasteiger charge is -2.24. The Morgan fingerprint density at radius 1 is 1.22 bits per heavy atom. The summed E-state index contributed by atoms with van der Waals surface area (Å²) < 4.78 is 21.9. The average molecular weight is 373 g/mol. The molecule has 1 unspecified atom stereocenters. The molecule has 2 aromatic rings. The maximum absolute atomic E-state index is 14.1. The van der Waals surface area contributed by atoms with E-state index in [4.69, 9.17) is 4.74 Å². The van der Waals surface area contributed by atoms with Crippen LogP contribution in [0.25, 0.3) is 0 Å². The summed E-state index contributed by atoms with van der Waals surface area (Å²) in [5.41, 5.74) is 1.97. The van der Waals surface area contributed by atoms with Crippen molar-refractivity contribution >= 4 is 5.91 Å². The Morgan fingerprint density at radius 2 is 2.04 bits per heavy atom. The number of nitrogens with zero attached hydrogens (tertiary/aromatic N) is 3. The number of carbonyl (C=O) groups is 1. The zero-order chi connectivity index (χ0) is 19.2. The number of fused-ring (bicyclic) bond motifs is 1. The summed E-state index contributed by atoms with van der Waals surface area (Å²) in [4.78, 5) is 15.5. The van der Waals surface area contributed by atoms with E-state index < -0.39 is 0 Å². The SMILES string of the molecule is CN(C)C(=O)COCCC1CN(Cc2ccccc2F)Cc2cccn2C1. The van der Waals surface area contributed by atoms with E-state index in [1.807, 2.05) is 12.1 Å². The molecule has 5 nitrogen and oxygen atoms in total. The molecule has 0 saturated carbocycles. The van der Waals surface area contributed by atoms with Crippen LogP contribution in [0.2, 0.25) is 0 Å². The number of likely N-dealkylation sites (N-methyl/N-ethyl adjacent to an activating group) is 1. The van der Waals surface area contributed by atoms with Crippen molar-refractivity contribution in [1.82, 2.24) is 14.4 Å². The van der Waals surface area contributed by atoms with Crippen molar-refractivity contribution in [3.8, 4) is 0 Å². The molecule has 0 fully saturated rings. The van der Waals surface area contributed by atoms with E-state index in [-0.39, 0.29) is 18.3 Å². The predicted molar refractivity (Wildman–Crippen MR) is 103 cm³/mol. The number of benzene rings is 1. The van der Waals surface area contributed by atoms with Gasteiger partial charge in [-0.2, -0.15) is 0 Å². The Bertz CT molecular complexity index is 759. The monoisotopic (exact) mass is 373 g/mol. The van der Waals surface area contributed by atoms with E-state index in [0.29, 0.717) is 19.1 Å². The van der Waals surface area contributed by atoms with Crippen LogP contribution in [0.4, 0.5) is 4.39 Å². The summed E-state index contributed by atoms with van der Waals surface area (Å²) in [5.74, 6) is 0.212. The number of halogens is 1. The van der Waals surface area contributed by atoms with Gasteiger partial charge >= 0.3 is 0 Å². The van der Waals surface area contributed by atoms with Gasteiger partial charge in [0.15, 0.2) is 0 Å². The highest BCUT2D eigenvalue weighted by atomic mass is 19.1. The van der Waals surface area contributed by atoms with E-state index >= 15 is 0 Å². The van der Waals surface area contributed by atoms with Gasteiger partial charge in [0.25, 0.3) is 0 Å². The van der Waals surface area contributed by atoms with Crippen LogP contribution >= 0.6 is 0 Å². The maximum atomic E-state index is 14.1. The highest BCUT2D eigenvalue weighted by Crippen LogP contribution is 2.22. The Morgan fingerprint density at radius 3 is 2.81 bits per heavy atom. The smallest absolute Gasteiger partial charge is 0.248 e. The molecule has 27 heavy (non-hydrogen) atoms. The number of carbonyl (C=O) groups excluding carboxylic acids is 1. The maximum Gasteiger partial charge on any atom is 0.248 e. The second-order valence-electron chi connectivity index (χ2n) is 7.41. The molecular formula is C21H28FN3O2. The normalized spacial score (nSPS) is 17.4. The van der Waals surface area contributed by atoms with Crippen LogP contribution in [-0.2, 0) is 29.2 Å². The first-order valence-corrected chi connectivity index (χ1v) is 9.40. The number of ether oxygens (including phenoxy) is 1. The second-order valence-corrected chi connectivity index (χ2v) is 7.41. The summed E-state index contributed by atoms with van der Waals surface area (Å²) in [6, 6.07) is 11.2. The first-order chi connectivity index (χ1) is 13.0. The summed E-state index contributed by atoms with van der Waals surface area (Å²) in [6.07, 6.45) is 2.97. The van der Waals surface area contributed by atoms with E-state index in [1.54, 1.807) is 20.2 Å². The quantitative estimate of drug-likeness (QED) is 0.701. The molecule has 0 aliphatic carbocycles. The molecule has 1 atom stereocenters. The van der Waals surface area contributed by atoms with Crippen molar-refractivity contribution < 1.29 is 13.9 Å². The van der Waals surface area contributed by atoms with Gasteiger partial charge in [-0.3, -0.25) is 9.69 Å². The van der Waals surface area contributed by atoms with Crippen LogP contribution in [0.15, 0.2) is 42.6 Å². The lowest BCUT2D eigenvalue weighted by Crippen LogP contribution is -2.29. The van der Waals surface area contributed by atoms with Gasteiger partial charge in [-0.1, -0.05) is 18.2 Å². The molecule has 0 N–H and O–H groups in total. The Balaban J connectivity index is 1.61. The molecule has 1 aliphatic rings. The van der Waals surface area contributed by atoms with E-state index in [2.05, 4.69) is 27.8 Å². The molecule has 1 amide bonds. The van der Waals surface area contributed by atoms with E-state index in [0.717, 1.165) is 31.6 Å². The third-order valence-electron chi connectivity index (χ3n) is 5.03. The minimum Gasteiger partial charge on any atom is -0.372 e. The van der Waals surface area contributed by atoms with E-state index in [1.165, 1.54) is 16.7 Å². The zero-order valence-corrected chi connectivity index (χ0v) is 16.1. The number of rotatable bonds is 7. The Hall–Kier alpha value is -2.18. The van der Waals surface area contributed by atoms with E-state index in [9.17, 15) is 9.18 Å². The fourth-order valence-electron chi connectivity index (χ4n) is 3.47. The largest absolute Gasteiger partial charge is 0.372 e. The number of aromatic nitrogens is 1. The van der Waals surface area contributed by atoms with Crippen molar-refractivity contribution in [2.24, 2.45) is 5.92 Å². The van der Waals surface area contributed by atoms with Crippen molar-refractivity contribution in [3.05, 3.63) is 59.7 Å². The molecular weight excluding hydrogens is 345 g/mol. The summed E-state index contributed by atoms with van der Waals surface area (Å²) >= 11 is 0. The van der Waals surface area contributed by atoms with Crippen LogP contribution in [0.1, 0.15) is 17.7 Å². The molecule has 2 heterocycles. The minimum atomic E-state index is -0.154. The van der Waals surface area contributed by atoms with Gasteiger partial charge in [-0.05, 0) is 30.5 Å². The molecule has 1 aliphatic heterocycles. The third kappa shape index (κ3) is 5.40. The molecule has 0 saturated heterocycles. The second kappa shape index (κ2) is 9.15. The molecule has 0 spiro atoms. The fourth-order valence-corrected chi connectivity index (χ4v) is 3.47. The van der Waals surface area contributed by atoms with Gasteiger partial charge < -0.3 is 14.2 Å². The van der Waals surface area contributed by atoms with Crippen LogP contribution < -0.4 is 0 Å². The molecule has 0 bridgehead atoms. The molecule has 0 radical (unpaired) electrons. The first kappa shape index (κ1) is 19.6. The van der Waals surface area contributed by atoms with Crippen molar-refractivity contribution in [1.29, 1.82) is 0 Å². The number of amides is 1. The van der Waals surface area contributed by atoms with Crippen LogP contribution in [-0.4, -0.2) is 54.1 Å². The third-order valence-corrected chi connectivity index (χ3v) is 5.03. The van der Waals surface area contributed by atoms with Gasteiger partial charge in [-0.15, -0.1) is 0 Å². The molecule has 6 heteroatoms. The first-order valence-electron chi connectivity index (χ1n) is 9.40. The lowest BCUT2D eigenvalue weighted by atomic mass is 10.1. The molecule has 1 aromatic carbocycles. The van der Waals surface area contributed by atoms with Crippen molar-refractivity contribution in [2.45, 2.75) is 26.1 Å². The molecule has 146 valence electrons. The summed E-state index contributed by atoms with van der Waals surface area (Å²) in [6.45, 7) is 3.86. The Labute approximate surface area is 160 Å². The van der Waals surface area contributed by atoms with Gasteiger partial charge in [0.1, 0.15) is 12.4 Å². The molecule has 1 aromatic heterocycles. The van der Waals surface area contributed by atoms with Crippen LogP contribution in [0.5, 0.6) is 0 Å². The lowest BCUT2D eigenvalue weighted by molar-refractivity contribution is -0.133. The van der Waals surface area contributed by atoms with Crippen molar-refractivity contribution in [2.75, 3.05) is 33.9 Å². The van der Waals surface area contributed by atoms with Gasteiger partial charge in [0.05, 0.1) is 0 Å². The summed E-state index contributed by atoms with van der Waals surface area (Å²) in [7, 11) is 3.45. The predicted octanol–water partition coefficient (Wildman–Crippen LogP) is 2.75. The number of hydrogen-bond acceptors (Lipinski definition) is 3. The fraction of sp³-hybridized carbons (Fsp3) is 0.476. The summed E-state index contributed by atoms with van der Waals surface area (Å²) in [5, 5.41) is 0. The van der Waals surface area contributed by atoms with Gasteiger partial charge in [0, 0.05) is 64.3 Å². The topological polar surface area (TPSA) is 37.7 Å². The van der Waals surface area contributed by atoms with Gasteiger partial charge in [-0.25, -0.2) is 4.39 Å². The minimum absolute atomic E-state index is 0.0234. The highest BCUT2D eigenvalue weighted by molar-refractivity contribution is 5.76. The Kier molecular flexibility index (Phi) is 6.63.